The molecule has 2 rings (SSSR count). The zero-order valence-electron chi connectivity index (χ0n) is 13.1. The van der Waals surface area contributed by atoms with Crippen LogP contribution in [0.25, 0.3) is 0 Å². The van der Waals surface area contributed by atoms with E-state index in [0.717, 1.165) is 44.8 Å². The van der Waals surface area contributed by atoms with Gasteiger partial charge in [-0.15, -0.1) is 0 Å². The minimum absolute atomic E-state index is 0.128. The van der Waals surface area contributed by atoms with Crippen LogP contribution in [0.2, 0.25) is 0 Å². The summed E-state index contributed by atoms with van der Waals surface area (Å²) in [5, 5.41) is 0. The predicted octanol–water partition coefficient (Wildman–Crippen LogP) is 2.02. The molecule has 1 aliphatic heterocycles. The van der Waals surface area contributed by atoms with E-state index in [1.54, 1.807) is 6.92 Å². The smallest absolute Gasteiger partial charge is 0.360 e. The van der Waals surface area contributed by atoms with Gasteiger partial charge in [-0.3, -0.25) is 0 Å². The zero-order valence-corrected chi connectivity index (χ0v) is 13.1. The second-order valence-corrected chi connectivity index (χ2v) is 5.85. The van der Waals surface area contributed by atoms with Crippen LogP contribution >= 0.6 is 0 Å². The van der Waals surface area contributed by atoms with E-state index >= 15 is 0 Å². The number of carbonyl (C=O) groups is 1. The van der Waals surface area contributed by atoms with E-state index in [4.69, 9.17) is 15.2 Å². The minimum atomic E-state index is -0.444. The van der Waals surface area contributed by atoms with Crippen LogP contribution in [0.3, 0.4) is 0 Å². The van der Waals surface area contributed by atoms with Crippen LogP contribution in [0.1, 0.15) is 49.9 Å². The highest BCUT2D eigenvalue weighted by molar-refractivity contribution is 5.92. The first kappa shape index (κ1) is 15.8. The number of hydrogen-bond donors (Lipinski definition) is 1. The molecule has 21 heavy (non-hydrogen) atoms. The summed E-state index contributed by atoms with van der Waals surface area (Å²) in [5.74, 6) is 0.807. The van der Waals surface area contributed by atoms with Crippen molar-refractivity contribution in [2.24, 2.45) is 5.41 Å². The quantitative estimate of drug-likeness (QED) is 0.841. The van der Waals surface area contributed by atoms with Gasteiger partial charge in [-0.25, -0.2) is 9.78 Å². The number of aromatic nitrogens is 2. The summed E-state index contributed by atoms with van der Waals surface area (Å²) in [5.41, 5.74) is 6.52. The van der Waals surface area contributed by atoms with E-state index in [2.05, 4.69) is 11.9 Å². The summed E-state index contributed by atoms with van der Waals surface area (Å²) >= 11 is 0. The number of imidazole rings is 1. The fraction of sp³-hybridized carbons (Fsp3) is 0.733. The van der Waals surface area contributed by atoms with Crippen molar-refractivity contribution in [1.29, 1.82) is 0 Å². The average Bonchev–Trinajstić information content (AvgIpc) is 2.76. The zero-order chi connectivity index (χ0) is 15.5. The molecule has 0 amide bonds. The molecule has 1 fully saturated rings. The first-order chi connectivity index (χ1) is 10.0. The highest BCUT2D eigenvalue weighted by atomic mass is 16.5. The Balaban J connectivity index is 2.27. The lowest BCUT2D eigenvalue weighted by Gasteiger charge is -2.34. The lowest BCUT2D eigenvalue weighted by molar-refractivity contribution is 0.0154. The van der Waals surface area contributed by atoms with E-state index in [0.29, 0.717) is 12.4 Å². The summed E-state index contributed by atoms with van der Waals surface area (Å²) in [4.78, 5) is 16.3. The first-order valence-electron chi connectivity index (χ1n) is 7.60. The van der Waals surface area contributed by atoms with E-state index in [-0.39, 0.29) is 11.1 Å². The summed E-state index contributed by atoms with van der Waals surface area (Å²) in [6.45, 7) is 8.65. The maximum atomic E-state index is 11.9. The molecular weight excluding hydrogens is 270 g/mol. The fourth-order valence-corrected chi connectivity index (χ4v) is 2.71. The van der Waals surface area contributed by atoms with Gasteiger partial charge in [-0.2, -0.15) is 0 Å². The van der Waals surface area contributed by atoms with Crippen molar-refractivity contribution >= 4 is 11.8 Å². The number of anilines is 1. The van der Waals surface area contributed by atoms with Crippen molar-refractivity contribution in [1.82, 2.24) is 9.55 Å². The molecule has 0 bridgehead atoms. The van der Waals surface area contributed by atoms with Gasteiger partial charge in [0.05, 0.1) is 6.61 Å². The van der Waals surface area contributed by atoms with Crippen LogP contribution in [-0.2, 0) is 22.4 Å². The van der Waals surface area contributed by atoms with Crippen molar-refractivity contribution in [3.8, 4) is 0 Å². The standard InChI is InChI=1S/C15H25N3O3/c1-4-11-17-12(14(19)21-5-2)13(16)18(11)10-15(3)6-8-20-9-7-15/h4-10,16H2,1-3H3. The molecule has 0 aromatic carbocycles. The average molecular weight is 295 g/mol. The predicted molar refractivity (Wildman–Crippen MR) is 80.1 cm³/mol. The van der Waals surface area contributed by atoms with Gasteiger partial charge in [0.15, 0.2) is 5.69 Å². The van der Waals surface area contributed by atoms with Crippen molar-refractivity contribution in [3.05, 3.63) is 11.5 Å². The lowest BCUT2D eigenvalue weighted by Crippen LogP contribution is -2.32. The summed E-state index contributed by atoms with van der Waals surface area (Å²) in [7, 11) is 0. The number of esters is 1. The number of carbonyl (C=O) groups excluding carboxylic acids is 1. The number of nitrogens with two attached hydrogens (primary N) is 1. The van der Waals surface area contributed by atoms with Crippen LogP contribution in [0.15, 0.2) is 0 Å². The third-order valence-corrected chi connectivity index (χ3v) is 4.11. The van der Waals surface area contributed by atoms with E-state index < -0.39 is 5.97 Å². The number of hydrogen-bond acceptors (Lipinski definition) is 5. The van der Waals surface area contributed by atoms with Crippen LogP contribution in [0.4, 0.5) is 5.82 Å². The van der Waals surface area contributed by atoms with Gasteiger partial charge in [0.25, 0.3) is 0 Å². The Morgan fingerprint density at radius 1 is 1.43 bits per heavy atom. The van der Waals surface area contributed by atoms with Crippen LogP contribution in [0.5, 0.6) is 0 Å². The maximum Gasteiger partial charge on any atom is 0.360 e. The Bertz CT molecular complexity index is 505. The maximum absolute atomic E-state index is 11.9. The molecule has 0 spiro atoms. The lowest BCUT2D eigenvalue weighted by atomic mass is 9.82. The minimum Gasteiger partial charge on any atom is -0.461 e. The SMILES string of the molecule is CCOC(=O)c1nc(CC)n(CC2(C)CCOCC2)c1N. The number of aryl methyl sites for hydroxylation is 1. The molecule has 2 heterocycles. The Hall–Kier alpha value is -1.56. The monoisotopic (exact) mass is 295 g/mol. The molecule has 6 nitrogen and oxygen atoms in total. The molecular formula is C15H25N3O3. The normalized spacial score (nSPS) is 17.7. The molecule has 0 aliphatic carbocycles. The molecule has 2 N–H and O–H groups in total. The molecule has 6 heteroatoms. The highest BCUT2D eigenvalue weighted by Crippen LogP contribution is 2.33. The van der Waals surface area contributed by atoms with E-state index in [9.17, 15) is 4.79 Å². The summed E-state index contributed by atoms with van der Waals surface area (Å²) < 4.78 is 12.4. The van der Waals surface area contributed by atoms with Crippen LogP contribution in [0, 0.1) is 5.41 Å². The number of ether oxygens (including phenoxy) is 2. The Morgan fingerprint density at radius 3 is 2.67 bits per heavy atom. The molecule has 1 aromatic rings. The van der Waals surface area contributed by atoms with Gasteiger partial charge in [0, 0.05) is 26.2 Å². The molecule has 1 aliphatic rings. The van der Waals surface area contributed by atoms with Gasteiger partial charge in [-0.05, 0) is 25.2 Å². The second kappa shape index (κ2) is 6.47. The highest BCUT2D eigenvalue weighted by Gasteiger charge is 2.31. The molecule has 1 saturated heterocycles. The van der Waals surface area contributed by atoms with Crippen molar-refractivity contribution in [2.75, 3.05) is 25.6 Å². The number of rotatable bonds is 5. The van der Waals surface area contributed by atoms with Crippen molar-refractivity contribution in [2.45, 2.75) is 46.6 Å². The Labute approximate surface area is 125 Å². The summed E-state index contributed by atoms with van der Waals surface area (Å²) in [6, 6.07) is 0. The van der Waals surface area contributed by atoms with Gasteiger partial charge in [0.2, 0.25) is 0 Å². The third-order valence-electron chi connectivity index (χ3n) is 4.11. The van der Waals surface area contributed by atoms with Gasteiger partial charge < -0.3 is 19.8 Å². The van der Waals surface area contributed by atoms with E-state index in [1.165, 1.54) is 0 Å². The third kappa shape index (κ3) is 3.37. The molecule has 118 valence electrons. The van der Waals surface area contributed by atoms with Crippen LogP contribution in [-0.4, -0.2) is 35.3 Å². The molecule has 1 aromatic heterocycles. The molecule has 0 unspecified atom stereocenters. The molecule has 0 saturated carbocycles. The Morgan fingerprint density at radius 2 is 2.10 bits per heavy atom. The van der Waals surface area contributed by atoms with Crippen molar-refractivity contribution in [3.63, 3.8) is 0 Å². The van der Waals surface area contributed by atoms with Crippen LogP contribution < -0.4 is 5.73 Å². The first-order valence-corrected chi connectivity index (χ1v) is 7.60. The van der Waals surface area contributed by atoms with E-state index in [1.807, 2.05) is 11.5 Å². The van der Waals surface area contributed by atoms with Gasteiger partial charge in [-0.1, -0.05) is 13.8 Å². The van der Waals surface area contributed by atoms with Gasteiger partial charge >= 0.3 is 5.97 Å². The largest absolute Gasteiger partial charge is 0.461 e. The Kier molecular flexibility index (Phi) is 4.88. The van der Waals surface area contributed by atoms with Crippen molar-refractivity contribution < 1.29 is 14.3 Å². The molecule has 0 atom stereocenters. The number of nitrogen functional groups attached to an aromatic ring is 1. The number of nitrogens with zero attached hydrogens (tertiary/aromatic N) is 2. The fourth-order valence-electron chi connectivity index (χ4n) is 2.71. The second-order valence-electron chi connectivity index (χ2n) is 5.85. The topological polar surface area (TPSA) is 79.4 Å². The summed E-state index contributed by atoms with van der Waals surface area (Å²) in [6.07, 6.45) is 2.71. The molecule has 0 radical (unpaired) electrons. The van der Waals surface area contributed by atoms with Gasteiger partial charge in [0.1, 0.15) is 11.6 Å².